The highest BCUT2D eigenvalue weighted by atomic mass is 35.5. The van der Waals surface area contributed by atoms with Crippen LogP contribution in [-0.2, 0) is 23.2 Å². The zero-order chi connectivity index (χ0) is 20.1. The number of rotatable bonds is 4. The highest BCUT2D eigenvalue weighted by Gasteiger charge is 2.49. The maximum Gasteiger partial charge on any atom is 0.325 e. The average Bonchev–Trinajstić information content (AvgIpc) is 3.22. The Morgan fingerprint density at radius 3 is 2.57 bits per heavy atom. The van der Waals surface area contributed by atoms with E-state index in [9.17, 15) is 14.4 Å². The first-order chi connectivity index (χ1) is 13.3. The molecule has 2 aliphatic rings. The van der Waals surface area contributed by atoms with Crippen molar-refractivity contribution in [2.75, 3.05) is 6.54 Å². The number of benzene rings is 2. The van der Waals surface area contributed by atoms with E-state index >= 15 is 0 Å². The van der Waals surface area contributed by atoms with E-state index in [-0.39, 0.29) is 17.4 Å². The number of hydrogen-bond acceptors (Lipinski definition) is 3. The summed E-state index contributed by atoms with van der Waals surface area (Å²) in [6.07, 6.45) is 3.07. The molecule has 1 N–H and O–H groups in total. The lowest BCUT2D eigenvalue weighted by atomic mass is 9.92. The summed E-state index contributed by atoms with van der Waals surface area (Å²) in [5, 5.41) is 3.32. The molecule has 1 atom stereocenters. The molecule has 2 aromatic rings. The Bertz CT molecular complexity index is 1020. The molecule has 1 unspecified atom stereocenters. The fraction of sp³-hybridized carbons (Fsp3) is 0.286. The lowest BCUT2D eigenvalue weighted by Crippen LogP contribution is -2.41. The number of nitrogens with one attached hydrogen (secondary N) is 1. The minimum Gasteiger partial charge on any atom is -0.319 e. The second kappa shape index (κ2) is 6.90. The SMILES string of the molecule is CC1(c2ccc(Cl)c(Cl)c2)NC(=O)N(CC(=O)c2ccc3c(c2)CCC3)C1=O. The minimum atomic E-state index is -1.30. The highest BCUT2D eigenvalue weighted by molar-refractivity contribution is 6.42. The Labute approximate surface area is 172 Å². The van der Waals surface area contributed by atoms with Crippen molar-refractivity contribution in [2.45, 2.75) is 31.7 Å². The number of fused-ring (bicyclic) bond motifs is 1. The maximum atomic E-state index is 13.0. The zero-order valence-electron chi connectivity index (χ0n) is 15.2. The normalized spacial score (nSPS) is 21.0. The molecule has 0 spiro atoms. The fourth-order valence-corrected chi connectivity index (χ4v) is 4.12. The van der Waals surface area contributed by atoms with Crippen molar-refractivity contribution in [3.8, 4) is 0 Å². The van der Waals surface area contributed by atoms with Crippen LogP contribution in [0.3, 0.4) is 0 Å². The minimum absolute atomic E-state index is 0.267. The lowest BCUT2D eigenvalue weighted by Gasteiger charge is -2.22. The molecule has 0 bridgehead atoms. The molecule has 1 aliphatic carbocycles. The average molecular weight is 417 g/mol. The summed E-state index contributed by atoms with van der Waals surface area (Å²) in [6, 6.07) is 9.76. The lowest BCUT2D eigenvalue weighted by molar-refractivity contribution is -0.130. The summed E-state index contributed by atoms with van der Waals surface area (Å²) in [5.41, 5.74) is 2.16. The molecular formula is C21H18Cl2N2O3. The molecule has 0 saturated carbocycles. The second-order valence-corrected chi connectivity index (χ2v) is 8.15. The van der Waals surface area contributed by atoms with Gasteiger partial charge in [0.2, 0.25) is 0 Å². The molecule has 1 fully saturated rings. The number of Topliss-reactive ketones (excluding diaryl/α,β-unsaturated/α-hetero) is 1. The Hall–Kier alpha value is -2.37. The van der Waals surface area contributed by atoms with Crippen LogP contribution in [0.4, 0.5) is 4.79 Å². The van der Waals surface area contributed by atoms with Crippen molar-refractivity contribution < 1.29 is 14.4 Å². The number of carbonyl (C=O) groups excluding carboxylic acids is 3. The van der Waals surface area contributed by atoms with E-state index in [0.29, 0.717) is 16.1 Å². The van der Waals surface area contributed by atoms with Gasteiger partial charge < -0.3 is 5.32 Å². The smallest absolute Gasteiger partial charge is 0.319 e. The van der Waals surface area contributed by atoms with E-state index in [1.165, 1.54) is 11.1 Å². The summed E-state index contributed by atoms with van der Waals surface area (Å²) in [4.78, 5) is 39.1. The quantitative estimate of drug-likeness (QED) is 0.601. The zero-order valence-corrected chi connectivity index (χ0v) is 16.7. The topological polar surface area (TPSA) is 66.5 Å². The van der Waals surface area contributed by atoms with Crippen LogP contribution in [0.1, 0.15) is 40.4 Å². The highest BCUT2D eigenvalue weighted by Crippen LogP contribution is 2.33. The van der Waals surface area contributed by atoms with Gasteiger partial charge in [0.15, 0.2) is 5.78 Å². The molecular weight excluding hydrogens is 399 g/mol. The monoisotopic (exact) mass is 416 g/mol. The number of carbonyl (C=O) groups is 3. The van der Waals surface area contributed by atoms with Crippen molar-refractivity contribution in [2.24, 2.45) is 0 Å². The van der Waals surface area contributed by atoms with Gasteiger partial charge in [0.25, 0.3) is 5.91 Å². The molecule has 0 aromatic heterocycles. The van der Waals surface area contributed by atoms with Crippen LogP contribution in [0.15, 0.2) is 36.4 Å². The van der Waals surface area contributed by atoms with Gasteiger partial charge in [-0.25, -0.2) is 4.79 Å². The molecule has 7 heteroatoms. The van der Waals surface area contributed by atoms with Crippen molar-refractivity contribution in [1.29, 1.82) is 0 Å². The molecule has 5 nitrogen and oxygen atoms in total. The van der Waals surface area contributed by atoms with Gasteiger partial charge in [-0.1, -0.05) is 41.4 Å². The Morgan fingerprint density at radius 1 is 1.07 bits per heavy atom. The van der Waals surface area contributed by atoms with Crippen LogP contribution in [0.25, 0.3) is 0 Å². The number of halogens is 2. The third-order valence-corrected chi connectivity index (χ3v) is 6.23. The number of aryl methyl sites for hydroxylation is 2. The van der Waals surface area contributed by atoms with Gasteiger partial charge in [0, 0.05) is 5.56 Å². The number of urea groups is 1. The van der Waals surface area contributed by atoms with E-state index in [4.69, 9.17) is 23.2 Å². The molecule has 144 valence electrons. The van der Waals surface area contributed by atoms with Crippen LogP contribution >= 0.6 is 23.2 Å². The summed E-state index contributed by atoms with van der Waals surface area (Å²) < 4.78 is 0. The number of amides is 3. The van der Waals surface area contributed by atoms with Crippen molar-refractivity contribution >= 4 is 40.9 Å². The molecule has 28 heavy (non-hydrogen) atoms. The molecule has 3 amide bonds. The maximum absolute atomic E-state index is 13.0. The standard InChI is InChI=1S/C21H18Cl2N2O3/c1-21(15-7-8-16(22)17(23)10-15)19(27)25(20(28)24-21)11-18(26)14-6-5-12-3-2-4-13(12)9-14/h5-10H,2-4,11H2,1H3,(H,24,28). The number of hydrogen-bond donors (Lipinski definition) is 1. The van der Waals surface area contributed by atoms with Crippen molar-refractivity contribution in [3.63, 3.8) is 0 Å². The van der Waals surface area contributed by atoms with Crippen LogP contribution in [0.2, 0.25) is 10.0 Å². The van der Waals surface area contributed by atoms with Crippen LogP contribution in [0.5, 0.6) is 0 Å². The Kier molecular flexibility index (Phi) is 4.68. The third kappa shape index (κ3) is 3.09. The number of ketones is 1. The predicted octanol–water partition coefficient (Wildman–Crippen LogP) is 4.13. The first kappa shape index (κ1) is 19.0. The Balaban J connectivity index is 1.57. The largest absolute Gasteiger partial charge is 0.325 e. The molecule has 4 rings (SSSR count). The summed E-state index contributed by atoms with van der Waals surface area (Å²) in [6.45, 7) is 1.28. The van der Waals surface area contributed by atoms with Gasteiger partial charge in [0.05, 0.1) is 16.6 Å². The van der Waals surface area contributed by atoms with Gasteiger partial charge in [-0.05, 0) is 61.1 Å². The van der Waals surface area contributed by atoms with E-state index in [1.807, 2.05) is 12.1 Å². The first-order valence-corrected chi connectivity index (χ1v) is 9.80. The van der Waals surface area contributed by atoms with Crippen LogP contribution < -0.4 is 5.32 Å². The summed E-state index contributed by atoms with van der Waals surface area (Å²) in [7, 11) is 0. The fourth-order valence-electron chi connectivity index (χ4n) is 3.82. The molecule has 1 heterocycles. The molecule has 2 aromatic carbocycles. The number of nitrogens with zero attached hydrogens (tertiary/aromatic N) is 1. The third-order valence-electron chi connectivity index (χ3n) is 5.49. The van der Waals surface area contributed by atoms with Gasteiger partial charge >= 0.3 is 6.03 Å². The summed E-state index contributed by atoms with van der Waals surface area (Å²) in [5.74, 6) is -0.762. The molecule has 1 saturated heterocycles. The number of imide groups is 1. The van der Waals surface area contributed by atoms with Crippen LogP contribution in [0, 0.1) is 0 Å². The second-order valence-electron chi connectivity index (χ2n) is 7.34. The van der Waals surface area contributed by atoms with E-state index in [0.717, 1.165) is 24.2 Å². The predicted molar refractivity (Wildman–Crippen MR) is 107 cm³/mol. The van der Waals surface area contributed by atoms with Gasteiger partial charge in [0.1, 0.15) is 5.54 Å². The van der Waals surface area contributed by atoms with E-state index in [2.05, 4.69) is 5.32 Å². The van der Waals surface area contributed by atoms with E-state index in [1.54, 1.807) is 31.2 Å². The van der Waals surface area contributed by atoms with Gasteiger partial charge in [-0.2, -0.15) is 0 Å². The van der Waals surface area contributed by atoms with Crippen molar-refractivity contribution in [1.82, 2.24) is 10.2 Å². The van der Waals surface area contributed by atoms with Crippen molar-refractivity contribution in [3.05, 3.63) is 68.7 Å². The Morgan fingerprint density at radius 2 is 1.82 bits per heavy atom. The van der Waals surface area contributed by atoms with Crippen LogP contribution in [-0.4, -0.2) is 29.2 Å². The molecule has 1 aliphatic heterocycles. The molecule has 0 radical (unpaired) electrons. The van der Waals surface area contributed by atoms with E-state index < -0.39 is 17.5 Å². The van der Waals surface area contributed by atoms with Gasteiger partial charge in [-0.15, -0.1) is 0 Å². The van der Waals surface area contributed by atoms with Gasteiger partial charge in [-0.3, -0.25) is 14.5 Å². The first-order valence-electron chi connectivity index (χ1n) is 9.04. The summed E-state index contributed by atoms with van der Waals surface area (Å²) >= 11 is 12.0.